The van der Waals surface area contributed by atoms with Crippen LogP contribution in [0.1, 0.15) is 39.3 Å². The van der Waals surface area contributed by atoms with E-state index in [-0.39, 0.29) is 22.7 Å². The van der Waals surface area contributed by atoms with Crippen LogP contribution < -0.4 is 10.2 Å². The molecule has 184 valence electrons. The zero-order chi connectivity index (χ0) is 26.1. The molecule has 1 N–H and O–H groups in total. The smallest absolute Gasteiger partial charge is 0.241 e. The SMILES string of the molecule is CC(=O)Nc1ccc(N2C(=O)[C@@H]3[C@@H](c4ccc(Cl)cc4)OC4(C(=O)c5ccccc5C4=O)[C@@H]3C2=O)cc1. The fourth-order valence-corrected chi connectivity index (χ4v) is 5.75. The predicted molar refractivity (Wildman–Crippen MR) is 133 cm³/mol. The van der Waals surface area contributed by atoms with Crippen LogP contribution in [0.25, 0.3) is 0 Å². The molecule has 0 aromatic heterocycles. The number of imide groups is 1. The number of nitrogens with zero attached hydrogens (tertiary/aromatic N) is 1. The highest BCUT2D eigenvalue weighted by Crippen LogP contribution is 2.57. The Morgan fingerprint density at radius 1 is 0.865 bits per heavy atom. The van der Waals surface area contributed by atoms with E-state index in [1.165, 1.54) is 31.2 Å². The van der Waals surface area contributed by atoms with Crippen molar-refractivity contribution in [3.05, 3.63) is 94.5 Å². The first-order valence-electron chi connectivity index (χ1n) is 11.6. The molecule has 0 saturated carbocycles. The highest BCUT2D eigenvalue weighted by molar-refractivity contribution is 6.37. The van der Waals surface area contributed by atoms with Crippen molar-refractivity contribution in [1.29, 1.82) is 0 Å². The zero-order valence-corrected chi connectivity index (χ0v) is 20.2. The molecule has 2 fully saturated rings. The molecule has 8 nitrogen and oxygen atoms in total. The summed E-state index contributed by atoms with van der Waals surface area (Å²) in [5.74, 6) is -5.22. The Labute approximate surface area is 216 Å². The van der Waals surface area contributed by atoms with Crippen molar-refractivity contribution >= 4 is 52.3 Å². The molecular formula is C28H19ClN2O6. The van der Waals surface area contributed by atoms with Crippen LogP contribution in [0.4, 0.5) is 11.4 Å². The van der Waals surface area contributed by atoms with Gasteiger partial charge in [0.15, 0.2) is 0 Å². The summed E-state index contributed by atoms with van der Waals surface area (Å²) in [6.45, 7) is 1.37. The van der Waals surface area contributed by atoms with Crippen molar-refractivity contribution in [3.63, 3.8) is 0 Å². The lowest BCUT2D eigenvalue weighted by Crippen LogP contribution is -2.51. The van der Waals surface area contributed by atoms with Gasteiger partial charge in [-0.25, -0.2) is 4.90 Å². The third-order valence-corrected chi connectivity index (χ3v) is 7.42. The number of benzene rings is 3. The predicted octanol–water partition coefficient (Wildman–Crippen LogP) is 3.99. The number of carbonyl (C=O) groups excluding carboxylic acids is 5. The minimum absolute atomic E-state index is 0.168. The first-order valence-corrected chi connectivity index (χ1v) is 12.0. The van der Waals surface area contributed by atoms with Crippen LogP contribution in [-0.2, 0) is 19.1 Å². The highest BCUT2D eigenvalue weighted by Gasteiger charge is 2.74. The Morgan fingerprint density at radius 2 is 1.46 bits per heavy atom. The lowest BCUT2D eigenvalue weighted by atomic mass is 9.77. The molecule has 2 saturated heterocycles. The van der Waals surface area contributed by atoms with Crippen LogP contribution in [0, 0.1) is 11.8 Å². The van der Waals surface area contributed by atoms with Gasteiger partial charge in [0.2, 0.25) is 34.9 Å². The molecule has 3 atom stereocenters. The van der Waals surface area contributed by atoms with E-state index in [1.54, 1.807) is 48.5 Å². The molecule has 6 rings (SSSR count). The average molecular weight is 515 g/mol. The number of amides is 3. The Kier molecular flexibility index (Phi) is 5.15. The van der Waals surface area contributed by atoms with E-state index in [1.807, 2.05) is 0 Å². The number of ketones is 2. The number of ether oxygens (including phenoxy) is 1. The molecule has 3 aliphatic rings. The number of nitrogens with one attached hydrogen (secondary N) is 1. The van der Waals surface area contributed by atoms with Crippen LogP contribution in [-0.4, -0.2) is 34.9 Å². The van der Waals surface area contributed by atoms with Gasteiger partial charge >= 0.3 is 0 Å². The number of carbonyl (C=O) groups is 5. The summed E-state index contributed by atoms with van der Waals surface area (Å²) >= 11 is 6.05. The molecule has 0 radical (unpaired) electrons. The Morgan fingerprint density at radius 3 is 2.03 bits per heavy atom. The second-order valence-corrected chi connectivity index (χ2v) is 9.71. The van der Waals surface area contributed by atoms with E-state index in [0.29, 0.717) is 16.3 Å². The number of hydrogen-bond donors (Lipinski definition) is 1. The standard InChI is InChI=1S/C28H19ClN2O6/c1-14(32)30-17-10-12-18(13-11-17)31-26(35)21-22(27(31)36)28(37-23(21)15-6-8-16(29)9-7-15)24(33)19-4-2-3-5-20(19)25(28)34/h2-13,21-23H,1H3,(H,30,32)/t21-,22-,23+/m0/s1. The summed E-state index contributed by atoms with van der Waals surface area (Å²) < 4.78 is 6.24. The van der Waals surface area contributed by atoms with Gasteiger partial charge in [-0.1, -0.05) is 48.0 Å². The van der Waals surface area contributed by atoms with Gasteiger partial charge in [0.05, 0.1) is 23.6 Å². The summed E-state index contributed by atoms with van der Waals surface area (Å²) in [5, 5.41) is 3.09. The molecule has 3 aromatic rings. The third-order valence-electron chi connectivity index (χ3n) is 7.16. The number of hydrogen-bond acceptors (Lipinski definition) is 6. The van der Waals surface area contributed by atoms with Crippen molar-refractivity contribution in [2.75, 3.05) is 10.2 Å². The molecule has 1 spiro atoms. The van der Waals surface area contributed by atoms with E-state index in [4.69, 9.17) is 16.3 Å². The maximum Gasteiger partial charge on any atom is 0.241 e. The topological polar surface area (TPSA) is 110 Å². The molecule has 0 bridgehead atoms. The highest BCUT2D eigenvalue weighted by atomic mass is 35.5. The lowest BCUT2D eigenvalue weighted by molar-refractivity contribution is -0.127. The number of halogens is 1. The number of anilines is 2. The maximum atomic E-state index is 13.9. The minimum atomic E-state index is -2.14. The maximum absolute atomic E-state index is 13.9. The van der Waals surface area contributed by atoms with Crippen molar-refractivity contribution in [2.45, 2.75) is 18.6 Å². The molecular weight excluding hydrogens is 496 g/mol. The van der Waals surface area contributed by atoms with Gasteiger partial charge in [0, 0.05) is 28.8 Å². The second-order valence-electron chi connectivity index (χ2n) is 9.27. The summed E-state index contributed by atoms with van der Waals surface area (Å²) in [6, 6.07) is 19.1. The second kappa shape index (κ2) is 8.19. The van der Waals surface area contributed by atoms with Gasteiger partial charge < -0.3 is 10.1 Å². The number of Topliss-reactive ketones (excluding diaryl/α,β-unsaturated/α-hetero) is 2. The quantitative estimate of drug-likeness (QED) is 0.418. The van der Waals surface area contributed by atoms with E-state index < -0.39 is 46.9 Å². The van der Waals surface area contributed by atoms with Crippen LogP contribution in [0.15, 0.2) is 72.8 Å². The zero-order valence-electron chi connectivity index (χ0n) is 19.4. The fraction of sp³-hybridized carbons (Fsp3) is 0.179. The normalized spacial score (nSPS) is 23.5. The van der Waals surface area contributed by atoms with Crippen LogP contribution in [0.5, 0.6) is 0 Å². The van der Waals surface area contributed by atoms with Gasteiger partial charge in [-0.15, -0.1) is 0 Å². The molecule has 1 aliphatic carbocycles. The van der Waals surface area contributed by atoms with Crippen molar-refractivity contribution in [3.8, 4) is 0 Å². The number of rotatable bonds is 3. The summed E-state index contributed by atoms with van der Waals surface area (Å²) in [7, 11) is 0. The molecule has 3 aromatic carbocycles. The molecule has 2 heterocycles. The largest absolute Gasteiger partial charge is 0.349 e. The van der Waals surface area contributed by atoms with Crippen LogP contribution >= 0.6 is 11.6 Å². The van der Waals surface area contributed by atoms with Crippen molar-refractivity contribution in [2.24, 2.45) is 11.8 Å². The number of fused-ring (bicyclic) bond motifs is 3. The molecule has 9 heteroatoms. The van der Waals surface area contributed by atoms with Crippen molar-refractivity contribution < 1.29 is 28.7 Å². The van der Waals surface area contributed by atoms with Crippen LogP contribution in [0.2, 0.25) is 5.02 Å². The first kappa shape index (κ1) is 23.3. The van der Waals surface area contributed by atoms with E-state index in [9.17, 15) is 24.0 Å². The van der Waals surface area contributed by atoms with Gasteiger partial charge in [-0.3, -0.25) is 24.0 Å². The summed E-state index contributed by atoms with van der Waals surface area (Å²) in [6.07, 6.45) is -1.02. The molecule has 3 amide bonds. The monoisotopic (exact) mass is 514 g/mol. The van der Waals surface area contributed by atoms with Gasteiger partial charge in [0.25, 0.3) is 0 Å². The van der Waals surface area contributed by atoms with Gasteiger partial charge in [-0.2, -0.15) is 0 Å². The Hall–Kier alpha value is -4.14. The third kappa shape index (κ3) is 3.22. The Bertz CT molecular complexity index is 1480. The average Bonchev–Trinajstić information content (AvgIpc) is 3.45. The lowest BCUT2D eigenvalue weighted by Gasteiger charge is -2.27. The molecule has 37 heavy (non-hydrogen) atoms. The van der Waals surface area contributed by atoms with E-state index in [2.05, 4.69) is 5.32 Å². The molecule has 2 aliphatic heterocycles. The van der Waals surface area contributed by atoms with E-state index in [0.717, 1.165) is 4.90 Å². The Balaban J connectivity index is 1.48. The van der Waals surface area contributed by atoms with Gasteiger partial charge in [-0.05, 0) is 42.0 Å². The summed E-state index contributed by atoms with van der Waals surface area (Å²) in [4.78, 5) is 67.7. The fourth-order valence-electron chi connectivity index (χ4n) is 5.62. The van der Waals surface area contributed by atoms with E-state index >= 15 is 0 Å². The van der Waals surface area contributed by atoms with Crippen molar-refractivity contribution in [1.82, 2.24) is 0 Å². The van der Waals surface area contributed by atoms with Gasteiger partial charge in [0.1, 0.15) is 0 Å². The summed E-state index contributed by atoms with van der Waals surface area (Å²) in [5.41, 5.74) is -0.527. The minimum Gasteiger partial charge on any atom is -0.349 e. The first-order chi connectivity index (χ1) is 17.7. The van der Waals surface area contributed by atoms with Crippen LogP contribution in [0.3, 0.4) is 0 Å². The molecule has 0 unspecified atom stereocenters.